The molecule has 1 aliphatic carbocycles. The van der Waals surface area contributed by atoms with Gasteiger partial charge in [-0.2, -0.15) is 23.3 Å². The van der Waals surface area contributed by atoms with Gasteiger partial charge < -0.3 is 15.3 Å². The van der Waals surface area contributed by atoms with Crippen LogP contribution in [-0.2, 0) is 6.54 Å². The molecule has 11 heteroatoms. The summed E-state index contributed by atoms with van der Waals surface area (Å²) in [6.45, 7) is 6.84. The first-order valence-electron chi connectivity index (χ1n) is 14.0. The van der Waals surface area contributed by atoms with Crippen molar-refractivity contribution in [3.63, 3.8) is 0 Å². The Morgan fingerprint density at radius 2 is 1.74 bits per heavy atom. The number of aliphatic hydroxyl groups excluding tert-OH is 1. The Morgan fingerprint density at radius 1 is 1.05 bits per heavy atom. The molecule has 0 unspecified atom stereocenters. The smallest absolute Gasteiger partial charge is 0.393 e. The fourth-order valence-corrected chi connectivity index (χ4v) is 5.56. The lowest BCUT2D eigenvalue weighted by atomic mass is 9.93. The van der Waals surface area contributed by atoms with Crippen LogP contribution in [0.25, 0.3) is 22.3 Å². The molecule has 2 fully saturated rings. The number of fused-ring (bicyclic) bond motifs is 1. The molecule has 2 N–H and O–H groups in total. The number of alkyl halides is 3. The first-order chi connectivity index (χ1) is 18.7. The molecule has 2 aliphatic rings. The second kappa shape index (κ2) is 11.8. The quantitative estimate of drug-likeness (QED) is 0.418. The topological polar surface area (TPSA) is 82.3 Å². The van der Waals surface area contributed by atoms with E-state index >= 15 is 0 Å². The van der Waals surface area contributed by atoms with Crippen molar-refractivity contribution in [1.82, 2.24) is 29.5 Å². The van der Waals surface area contributed by atoms with E-state index in [0.29, 0.717) is 30.3 Å². The number of halogens is 3. The van der Waals surface area contributed by atoms with E-state index in [-0.39, 0.29) is 24.5 Å². The molecule has 1 atom stereocenters. The minimum atomic E-state index is -4.40. The molecule has 212 valence electrons. The number of anilines is 1. The summed E-state index contributed by atoms with van der Waals surface area (Å²) in [5, 5.41) is 18.2. The molecule has 1 saturated carbocycles. The molecule has 0 amide bonds. The van der Waals surface area contributed by atoms with E-state index in [4.69, 9.17) is 5.10 Å². The van der Waals surface area contributed by atoms with Crippen LogP contribution >= 0.6 is 0 Å². The Bertz CT molecular complexity index is 1230. The number of piperazine rings is 1. The summed E-state index contributed by atoms with van der Waals surface area (Å²) in [5.41, 5.74) is 3.38. The SMILES string of the molecule is CCC[C@@H](Nc1ncc2c(-c3ccc(CN4CCN(C)CC4)cc3)nn([C@H]3CC[C@H](O)CC3)c2n1)C(F)(F)F. The zero-order valence-electron chi connectivity index (χ0n) is 22.7. The molecule has 39 heavy (non-hydrogen) atoms. The fraction of sp³-hybridized carbons (Fsp3) is 0.607. The van der Waals surface area contributed by atoms with Gasteiger partial charge in [-0.25, -0.2) is 9.67 Å². The second-order valence-electron chi connectivity index (χ2n) is 11.0. The van der Waals surface area contributed by atoms with Crippen LogP contribution in [0.15, 0.2) is 30.5 Å². The molecular weight excluding hydrogens is 507 g/mol. The maximum atomic E-state index is 13.6. The second-order valence-corrected chi connectivity index (χ2v) is 11.0. The van der Waals surface area contributed by atoms with Crippen molar-refractivity contribution < 1.29 is 18.3 Å². The van der Waals surface area contributed by atoms with Crippen molar-refractivity contribution in [2.45, 2.75) is 76.4 Å². The average Bonchev–Trinajstić information content (AvgIpc) is 3.29. The van der Waals surface area contributed by atoms with Gasteiger partial charge >= 0.3 is 6.18 Å². The summed E-state index contributed by atoms with van der Waals surface area (Å²) in [7, 11) is 2.15. The number of hydrogen-bond donors (Lipinski definition) is 2. The molecule has 0 spiro atoms. The fourth-order valence-electron chi connectivity index (χ4n) is 5.56. The molecule has 1 aromatic carbocycles. The van der Waals surface area contributed by atoms with E-state index in [2.05, 4.69) is 56.4 Å². The van der Waals surface area contributed by atoms with Crippen molar-refractivity contribution in [3.05, 3.63) is 36.0 Å². The Hall–Kier alpha value is -2.76. The van der Waals surface area contributed by atoms with Gasteiger partial charge in [0.15, 0.2) is 5.65 Å². The van der Waals surface area contributed by atoms with Crippen LogP contribution in [-0.4, -0.2) is 86.2 Å². The highest BCUT2D eigenvalue weighted by Gasteiger charge is 2.39. The Balaban J connectivity index is 1.45. The van der Waals surface area contributed by atoms with Gasteiger partial charge in [-0.3, -0.25) is 4.90 Å². The molecule has 3 aromatic rings. The summed E-state index contributed by atoms with van der Waals surface area (Å²) in [6, 6.07) is 6.63. The lowest BCUT2D eigenvalue weighted by Crippen LogP contribution is -2.43. The molecule has 0 radical (unpaired) electrons. The van der Waals surface area contributed by atoms with Crippen LogP contribution in [0.4, 0.5) is 19.1 Å². The highest BCUT2D eigenvalue weighted by Crippen LogP contribution is 2.35. The summed E-state index contributed by atoms with van der Waals surface area (Å²) in [6.07, 6.45) is -0.0406. The van der Waals surface area contributed by atoms with Crippen molar-refractivity contribution in [2.75, 3.05) is 38.5 Å². The average molecular weight is 546 g/mol. The third kappa shape index (κ3) is 6.53. The van der Waals surface area contributed by atoms with E-state index in [0.717, 1.165) is 56.8 Å². The van der Waals surface area contributed by atoms with Crippen molar-refractivity contribution >= 4 is 17.0 Å². The maximum Gasteiger partial charge on any atom is 0.408 e. The minimum absolute atomic E-state index is 0.0120. The van der Waals surface area contributed by atoms with Gasteiger partial charge in [0, 0.05) is 44.5 Å². The Kier molecular flexibility index (Phi) is 8.39. The van der Waals surface area contributed by atoms with Crippen molar-refractivity contribution in [3.8, 4) is 11.3 Å². The lowest BCUT2D eigenvalue weighted by molar-refractivity contribution is -0.143. The van der Waals surface area contributed by atoms with Gasteiger partial charge in [0.05, 0.1) is 17.5 Å². The molecule has 1 aliphatic heterocycles. The number of likely N-dealkylation sites (N-methyl/N-ethyl adjacent to an activating group) is 1. The standard InChI is InChI=1S/C28H38F3N7O/c1-3-4-24(28(29,30)31)33-27-32-17-23-25(35-38(26(23)34-27)21-9-11-22(39)12-10-21)20-7-5-19(6-8-20)18-37-15-13-36(2)14-16-37/h5-8,17,21-22,24,39H,3-4,9-16,18H2,1-2H3,(H,32,33,34)/t21-,22-,24-/m1/s1. The summed E-state index contributed by atoms with van der Waals surface area (Å²) in [4.78, 5) is 13.6. The van der Waals surface area contributed by atoms with Gasteiger partial charge in [-0.15, -0.1) is 0 Å². The van der Waals surface area contributed by atoms with Gasteiger partial charge in [0.2, 0.25) is 5.95 Å². The zero-order valence-corrected chi connectivity index (χ0v) is 22.7. The summed E-state index contributed by atoms with van der Waals surface area (Å²) >= 11 is 0. The van der Waals surface area contributed by atoms with E-state index in [9.17, 15) is 18.3 Å². The molecule has 8 nitrogen and oxygen atoms in total. The highest BCUT2D eigenvalue weighted by molar-refractivity contribution is 5.91. The first kappa shape index (κ1) is 27.8. The maximum absolute atomic E-state index is 13.6. The van der Waals surface area contributed by atoms with E-state index < -0.39 is 12.2 Å². The molecule has 3 heterocycles. The molecule has 5 rings (SSSR count). The lowest BCUT2D eigenvalue weighted by Gasteiger charge is -2.32. The van der Waals surface area contributed by atoms with Gasteiger partial charge in [-0.05, 0) is 44.7 Å². The summed E-state index contributed by atoms with van der Waals surface area (Å²) < 4.78 is 42.6. The highest BCUT2D eigenvalue weighted by atomic mass is 19.4. The third-order valence-corrected chi connectivity index (χ3v) is 7.97. The van der Waals surface area contributed by atoms with E-state index in [1.54, 1.807) is 13.1 Å². The van der Waals surface area contributed by atoms with Crippen LogP contribution in [0, 0.1) is 0 Å². The number of rotatable bonds is 8. The van der Waals surface area contributed by atoms with Crippen LogP contribution < -0.4 is 5.32 Å². The Morgan fingerprint density at radius 3 is 2.38 bits per heavy atom. The number of nitrogens with zero attached hydrogens (tertiary/aromatic N) is 6. The molecule has 1 saturated heterocycles. The van der Waals surface area contributed by atoms with E-state index in [1.165, 1.54) is 5.56 Å². The summed E-state index contributed by atoms with van der Waals surface area (Å²) in [5.74, 6) is -0.0515. The van der Waals surface area contributed by atoms with Crippen LogP contribution in [0.3, 0.4) is 0 Å². The monoisotopic (exact) mass is 545 g/mol. The number of aliphatic hydroxyl groups is 1. The van der Waals surface area contributed by atoms with Crippen LogP contribution in [0.1, 0.15) is 57.1 Å². The number of benzene rings is 1. The van der Waals surface area contributed by atoms with Gasteiger partial charge in [0.1, 0.15) is 11.7 Å². The normalized spacial score (nSPS) is 22.3. The van der Waals surface area contributed by atoms with Crippen LogP contribution in [0.5, 0.6) is 0 Å². The number of aromatic nitrogens is 4. The molecule has 2 aromatic heterocycles. The zero-order chi connectivity index (χ0) is 27.6. The molecule has 0 bridgehead atoms. The van der Waals surface area contributed by atoms with E-state index in [1.807, 2.05) is 4.68 Å². The first-order valence-corrected chi connectivity index (χ1v) is 14.0. The Labute approximate surface area is 227 Å². The molecular formula is C28H38F3N7O. The van der Waals surface area contributed by atoms with Crippen molar-refractivity contribution in [2.24, 2.45) is 0 Å². The van der Waals surface area contributed by atoms with Gasteiger partial charge in [0.25, 0.3) is 0 Å². The predicted molar refractivity (Wildman–Crippen MR) is 145 cm³/mol. The number of nitrogens with one attached hydrogen (secondary N) is 1. The predicted octanol–water partition coefficient (Wildman–Crippen LogP) is 4.86. The third-order valence-electron chi connectivity index (χ3n) is 7.97. The van der Waals surface area contributed by atoms with Crippen LogP contribution in [0.2, 0.25) is 0 Å². The number of hydrogen-bond acceptors (Lipinski definition) is 7. The van der Waals surface area contributed by atoms with Gasteiger partial charge in [-0.1, -0.05) is 37.6 Å². The minimum Gasteiger partial charge on any atom is -0.393 e. The van der Waals surface area contributed by atoms with Crippen molar-refractivity contribution in [1.29, 1.82) is 0 Å². The largest absolute Gasteiger partial charge is 0.408 e.